The van der Waals surface area contributed by atoms with Crippen molar-refractivity contribution in [3.63, 3.8) is 0 Å². The van der Waals surface area contributed by atoms with E-state index in [1.807, 2.05) is 32.0 Å². The van der Waals surface area contributed by atoms with Crippen LogP contribution in [0.4, 0.5) is 0 Å². The molecule has 0 amide bonds. The molecular formula is C13H14N2O3. The van der Waals surface area contributed by atoms with Crippen molar-refractivity contribution in [2.24, 2.45) is 0 Å². The molecule has 0 aliphatic carbocycles. The number of aromatic amines is 1. The molecule has 0 radical (unpaired) electrons. The number of nitrogens with one attached hydrogen (secondary N) is 1. The average Bonchev–Trinajstić information content (AvgIpc) is 2.67. The van der Waals surface area contributed by atoms with E-state index in [1.54, 1.807) is 6.07 Å². The van der Waals surface area contributed by atoms with Crippen LogP contribution >= 0.6 is 0 Å². The van der Waals surface area contributed by atoms with E-state index < -0.39 is 5.97 Å². The van der Waals surface area contributed by atoms with E-state index in [-0.39, 0.29) is 6.61 Å². The molecule has 0 bridgehead atoms. The van der Waals surface area contributed by atoms with Crippen molar-refractivity contribution in [1.29, 1.82) is 0 Å². The highest BCUT2D eigenvalue weighted by atomic mass is 16.5. The number of benzene rings is 1. The molecule has 2 rings (SSSR count). The van der Waals surface area contributed by atoms with Crippen LogP contribution in [0.3, 0.4) is 0 Å². The summed E-state index contributed by atoms with van der Waals surface area (Å²) < 4.78 is 5.16. The van der Waals surface area contributed by atoms with Crippen LogP contribution in [0, 0.1) is 13.8 Å². The Labute approximate surface area is 104 Å². The molecule has 0 fully saturated rings. The van der Waals surface area contributed by atoms with Crippen molar-refractivity contribution in [1.82, 2.24) is 10.2 Å². The molecule has 18 heavy (non-hydrogen) atoms. The Morgan fingerprint density at radius 1 is 1.44 bits per heavy atom. The van der Waals surface area contributed by atoms with Gasteiger partial charge in [0, 0.05) is 11.3 Å². The Morgan fingerprint density at radius 2 is 2.22 bits per heavy atom. The summed E-state index contributed by atoms with van der Waals surface area (Å²) in [6.07, 6.45) is 0. The molecule has 0 spiro atoms. The van der Waals surface area contributed by atoms with Gasteiger partial charge in [-0.05, 0) is 31.5 Å². The summed E-state index contributed by atoms with van der Waals surface area (Å²) in [5, 5.41) is 15.6. The van der Waals surface area contributed by atoms with E-state index in [0.717, 1.165) is 22.5 Å². The van der Waals surface area contributed by atoms with Gasteiger partial charge in [-0.3, -0.25) is 5.10 Å². The Balaban J connectivity index is 2.30. The van der Waals surface area contributed by atoms with Crippen molar-refractivity contribution < 1.29 is 14.6 Å². The van der Waals surface area contributed by atoms with Gasteiger partial charge in [0.25, 0.3) is 0 Å². The SMILES string of the molecule is Cc1n[nH]c(C)c1-c1cccc(OCC(=O)O)c1. The maximum Gasteiger partial charge on any atom is 0.341 e. The summed E-state index contributed by atoms with van der Waals surface area (Å²) in [7, 11) is 0. The number of aliphatic carboxylic acids is 1. The first-order valence-corrected chi connectivity index (χ1v) is 5.54. The van der Waals surface area contributed by atoms with Crippen molar-refractivity contribution in [3.8, 4) is 16.9 Å². The lowest BCUT2D eigenvalue weighted by atomic mass is 10.0. The van der Waals surface area contributed by atoms with Crippen molar-refractivity contribution in [3.05, 3.63) is 35.7 Å². The zero-order valence-electron chi connectivity index (χ0n) is 10.2. The van der Waals surface area contributed by atoms with Gasteiger partial charge in [0.1, 0.15) is 5.75 Å². The zero-order chi connectivity index (χ0) is 13.1. The Hall–Kier alpha value is -2.30. The van der Waals surface area contributed by atoms with Crippen LogP contribution in [-0.2, 0) is 4.79 Å². The van der Waals surface area contributed by atoms with Crippen molar-refractivity contribution in [2.45, 2.75) is 13.8 Å². The topological polar surface area (TPSA) is 75.2 Å². The second-order valence-electron chi connectivity index (χ2n) is 4.02. The number of carboxylic acid groups (broad SMARTS) is 1. The van der Waals surface area contributed by atoms with Gasteiger partial charge in [-0.15, -0.1) is 0 Å². The average molecular weight is 246 g/mol. The molecular weight excluding hydrogens is 232 g/mol. The first-order valence-electron chi connectivity index (χ1n) is 5.54. The normalized spacial score (nSPS) is 10.3. The van der Waals surface area contributed by atoms with Gasteiger partial charge in [-0.1, -0.05) is 12.1 Å². The van der Waals surface area contributed by atoms with Crippen molar-refractivity contribution in [2.75, 3.05) is 6.61 Å². The molecule has 2 aromatic rings. The van der Waals surface area contributed by atoms with Gasteiger partial charge in [-0.2, -0.15) is 5.10 Å². The second kappa shape index (κ2) is 4.91. The molecule has 1 aromatic heterocycles. The second-order valence-corrected chi connectivity index (χ2v) is 4.02. The number of H-pyrrole nitrogens is 1. The Bertz CT molecular complexity index is 556. The molecule has 0 aliphatic heterocycles. The van der Waals surface area contributed by atoms with Crippen LogP contribution in [0.5, 0.6) is 5.75 Å². The largest absolute Gasteiger partial charge is 0.482 e. The van der Waals surface area contributed by atoms with Crippen LogP contribution < -0.4 is 4.74 Å². The fourth-order valence-electron chi connectivity index (χ4n) is 1.86. The third-order valence-corrected chi connectivity index (χ3v) is 2.61. The van der Waals surface area contributed by atoms with Crippen molar-refractivity contribution >= 4 is 5.97 Å². The monoisotopic (exact) mass is 246 g/mol. The zero-order valence-corrected chi connectivity index (χ0v) is 10.2. The molecule has 2 N–H and O–H groups in total. The highest BCUT2D eigenvalue weighted by molar-refractivity contribution is 5.70. The minimum absolute atomic E-state index is 0.340. The van der Waals surface area contributed by atoms with Gasteiger partial charge >= 0.3 is 5.97 Å². The third-order valence-electron chi connectivity index (χ3n) is 2.61. The van der Waals surface area contributed by atoms with Crippen LogP contribution in [0.15, 0.2) is 24.3 Å². The number of hydrogen-bond donors (Lipinski definition) is 2. The van der Waals surface area contributed by atoms with Crippen LogP contribution in [-0.4, -0.2) is 27.9 Å². The van der Waals surface area contributed by atoms with Crippen LogP contribution in [0.2, 0.25) is 0 Å². The van der Waals surface area contributed by atoms with E-state index >= 15 is 0 Å². The first kappa shape index (κ1) is 12.2. The maximum absolute atomic E-state index is 10.5. The summed E-state index contributed by atoms with van der Waals surface area (Å²) in [5.41, 5.74) is 3.86. The van der Waals surface area contributed by atoms with Gasteiger partial charge in [-0.25, -0.2) is 4.79 Å². The molecule has 0 unspecified atom stereocenters. The number of carbonyl (C=O) groups is 1. The number of nitrogens with zero attached hydrogens (tertiary/aromatic N) is 1. The number of aryl methyl sites for hydroxylation is 2. The van der Waals surface area contributed by atoms with E-state index in [9.17, 15) is 4.79 Å². The Morgan fingerprint density at radius 3 is 2.83 bits per heavy atom. The lowest BCUT2D eigenvalue weighted by Gasteiger charge is -2.06. The highest BCUT2D eigenvalue weighted by Crippen LogP contribution is 2.28. The predicted octanol–water partition coefficient (Wildman–Crippen LogP) is 2.16. The molecule has 0 aliphatic rings. The lowest BCUT2D eigenvalue weighted by Crippen LogP contribution is -2.09. The van der Waals surface area contributed by atoms with Gasteiger partial charge in [0.15, 0.2) is 6.61 Å². The lowest BCUT2D eigenvalue weighted by molar-refractivity contribution is -0.139. The standard InChI is InChI=1S/C13H14N2O3/c1-8-13(9(2)15-14-8)10-4-3-5-11(6-10)18-7-12(16)17/h3-6H,7H2,1-2H3,(H,14,15)(H,16,17). The summed E-state index contributed by atoms with van der Waals surface area (Å²) in [5.74, 6) is -0.453. The van der Waals surface area contributed by atoms with Crippen LogP contribution in [0.25, 0.3) is 11.1 Å². The van der Waals surface area contributed by atoms with Gasteiger partial charge in [0.2, 0.25) is 0 Å². The predicted molar refractivity (Wildman–Crippen MR) is 66.6 cm³/mol. The minimum Gasteiger partial charge on any atom is -0.482 e. The maximum atomic E-state index is 10.5. The summed E-state index contributed by atoms with van der Waals surface area (Å²) in [4.78, 5) is 10.5. The number of rotatable bonds is 4. The van der Waals surface area contributed by atoms with E-state index in [1.165, 1.54) is 0 Å². The van der Waals surface area contributed by atoms with Gasteiger partial charge in [0.05, 0.1) is 5.69 Å². The third kappa shape index (κ3) is 2.51. The van der Waals surface area contributed by atoms with E-state index in [0.29, 0.717) is 5.75 Å². The molecule has 0 saturated carbocycles. The summed E-state index contributed by atoms with van der Waals surface area (Å²) in [6.45, 7) is 3.52. The summed E-state index contributed by atoms with van der Waals surface area (Å²) >= 11 is 0. The first-order chi connectivity index (χ1) is 8.58. The molecule has 5 nitrogen and oxygen atoms in total. The molecule has 1 aromatic carbocycles. The smallest absolute Gasteiger partial charge is 0.341 e. The number of carboxylic acids is 1. The highest BCUT2D eigenvalue weighted by Gasteiger charge is 2.09. The fraction of sp³-hybridized carbons (Fsp3) is 0.231. The van der Waals surface area contributed by atoms with E-state index in [4.69, 9.17) is 9.84 Å². The molecule has 0 saturated heterocycles. The quantitative estimate of drug-likeness (QED) is 0.866. The molecule has 0 atom stereocenters. The minimum atomic E-state index is -0.990. The van der Waals surface area contributed by atoms with Crippen LogP contribution in [0.1, 0.15) is 11.4 Å². The molecule has 94 valence electrons. The molecule has 1 heterocycles. The van der Waals surface area contributed by atoms with Gasteiger partial charge < -0.3 is 9.84 Å². The summed E-state index contributed by atoms with van der Waals surface area (Å²) in [6, 6.07) is 7.32. The fourth-order valence-corrected chi connectivity index (χ4v) is 1.86. The van der Waals surface area contributed by atoms with E-state index in [2.05, 4.69) is 10.2 Å². The molecule has 5 heteroatoms. The number of ether oxygens (including phenoxy) is 1. The Kier molecular flexibility index (Phi) is 3.32. The number of aromatic nitrogens is 2. The number of hydrogen-bond acceptors (Lipinski definition) is 3.